The minimum atomic E-state index is 0.0218. The van der Waals surface area contributed by atoms with E-state index in [-0.39, 0.29) is 5.91 Å². The molecule has 5 heteroatoms. The summed E-state index contributed by atoms with van der Waals surface area (Å²) in [5.74, 6) is 0.0218. The molecule has 2 aromatic rings. The molecule has 1 N–H and O–H groups in total. The smallest absolute Gasteiger partial charge is 0.225 e. The van der Waals surface area contributed by atoms with Gasteiger partial charge in [0.2, 0.25) is 5.91 Å². The van der Waals surface area contributed by atoms with Gasteiger partial charge >= 0.3 is 0 Å². The molecule has 4 rings (SSSR count). The molecule has 26 heavy (non-hydrogen) atoms. The van der Waals surface area contributed by atoms with Gasteiger partial charge in [0.15, 0.2) is 0 Å². The second-order valence-corrected chi connectivity index (χ2v) is 7.77. The number of nitrogens with one attached hydrogen (secondary N) is 1. The number of rotatable bonds is 4. The number of fused-ring (bicyclic) bond motifs is 2. The summed E-state index contributed by atoms with van der Waals surface area (Å²) in [4.78, 5) is 14.6. The Hall–Kier alpha value is -1.81. The van der Waals surface area contributed by atoms with Gasteiger partial charge in [-0.05, 0) is 65.4 Å². The zero-order chi connectivity index (χ0) is 18.1. The monoisotopic (exact) mass is 386 g/mol. The Morgan fingerprint density at radius 2 is 1.96 bits per heavy atom. The number of carbonyl (C=O) groups excluding carboxylic acids is 1. The van der Waals surface area contributed by atoms with Crippen molar-refractivity contribution in [3.8, 4) is 0 Å². The second-order valence-electron chi connectivity index (χ2n) is 6.90. The highest BCUT2D eigenvalue weighted by Crippen LogP contribution is 2.39. The van der Waals surface area contributed by atoms with E-state index in [0.717, 1.165) is 43.2 Å². The summed E-state index contributed by atoms with van der Waals surface area (Å²) in [5, 5.41) is 4.34. The Bertz CT molecular complexity index is 891. The Labute approximate surface area is 163 Å². The minimum absolute atomic E-state index is 0.0218. The lowest BCUT2D eigenvalue weighted by molar-refractivity contribution is -0.116. The molecule has 1 aliphatic carbocycles. The van der Waals surface area contributed by atoms with Crippen molar-refractivity contribution in [3.05, 3.63) is 69.2 Å². The van der Waals surface area contributed by atoms with Crippen molar-refractivity contribution in [2.24, 2.45) is 0 Å². The molecule has 2 aromatic carbocycles. The summed E-state index contributed by atoms with van der Waals surface area (Å²) >= 11 is 12.1. The van der Waals surface area contributed by atoms with Crippen molar-refractivity contribution in [3.63, 3.8) is 0 Å². The fraction of sp³-hybridized carbons (Fsp3) is 0.286. The van der Waals surface area contributed by atoms with Crippen molar-refractivity contribution in [1.82, 2.24) is 4.90 Å². The maximum absolute atomic E-state index is 12.2. The fourth-order valence-electron chi connectivity index (χ4n) is 3.83. The van der Waals surface area contributed by atoms with E-state index < -0.39 is 0 Å². The van der Waals surface area contributed by atoms with Crippen molar-refractivity contribution in [2.45, 2.75) is 19.3 Å². The van der Waals surface area contributed by atoms with E-state index in [9.17, 15) is 4.79 Å². The van der Waals surface area contributed by atoms with Gasteiger partial charge in [-0.15, -0.1) is 0 Å². The molecule has 1 heterocycles. The Morgan fingerprint density at radius 3 is 2.81 bits per heavy atom. The van der Waals surface area contributed by atoms with Crippen LogP contribution in [0.15, 0.2) is 48.0 Å². The van der Waals surface area contributed by atoms with E-state index in [1.807, 2.05) is 18.2 Å². The molecule has 0 fully saturated rings. The summed E-state index contributed by atoms with van der Waals surface area (Å²) in [6, 6.07) is 13.4. The Balaban J connectivity index is 1.33. The van der Waals surface area contributed by atoms with E-state index in [0.29, 0.717) is 11.4 Å². The van der Waals surface area contributed by atoms with Crippen LogP contribution in [0.5, 0.6) is 0 Å². The van der Waals surface area contributed by atoms with Gasteiger partial charge in [-0.1, -0.05) is 35.3 Å². The molecule has 1 amide bonds. The van der Waals surface area contributed by atoms with Gasteiger partial charge in [0, 0.05) is 41.8 Å². The van der Waals surface area contributed by atoms with E-state index in [1.165, 1.54) is 22.3 Å². The molecular weight excluding hydrogens is 367 g/mol. The lowest BCUT2D eigenvalue weighted by Crippen LogP contribution is -2.33. The fourth-order valence-corrected chi connectivity index (χ4v) is 4.20. The molecule has 0 saturated carbocycles. The lowest BCUT2D eigenvalue weighted by Gasteiger charge is -2.28. The van der Waals surface area contributed by atoms with Crippen LogP contribution in [0.3, 0.4) is 0 Å². The van der Waals surface area contributed by atoms with E-state index in [1.54, 1.807) is 12.1 Å². The summed E-state index contributed by atoms with van der Waals surface area (Å²) in [6.07, 6.45) is 2.51. The van der Waals surface area contributed by atoms with Crippen LogP contribution in [0.2, 0.25) is 10.0 Å². The van der Waals surface area contributed by atoms with Gasteiger partial charge in [-0.25, -0.2) is 0 Å². The van der Waals surface area contributed by atoms with Gasteiger partial charge in [0.05, 0.1) is 0 Å². The van der Waals surface area contributed by atoms with Crippen molar-refractivity contribution >= 4 is 40.4 Å². The van der Waals surface area contributed by atoms with Crippen LogP contribution in [0.25, 0.3) is 5.57 Å². The van der Waals surface area contributed by atoms with Gasteiger partial charge in [-0.3, -0.25) is 9.69 Å². The molecule has 0 atom stereocenters. The quantitative estimate of drug-likeness (QED) is 0.798. The molecular formula is C21H20Cl2N2O. The SMILES string of the molecule is O=C(CCN1CCC2=C(Cc3ccc(Cl)cc32)C1)Nc1cccc(Cl)c1. The summed E-state index contributed by atoms with van der Waals surface area (Å²) in [5.41, 5.74) is 6.38. The van der Waals surface area contributed by atoms with Crippen LogP contribution in [-0.2, 0) is 11.2 Å². The maximum atomic E-state index is 12.2. The average Bonchev–Trinajstić information content (AvgIpc) is 2.97. The molecule has 0 unspecified atom stereocenters. The lowest BCUT2D eigenvalue weighted by atomic mass is 9.99. The maximum Gasteiger partial charge on any atom is 0.225 e. The highest BCUT2D eigenvalue weighted by atomic mass is 35.5. The van der Waals surface area contributed by atoms with E-state index >= 15 is 0 Å². The van der Waals surface area contributed by atoms with Crippen molar-refractivity contribution in [2.75, 3.05) is 25.0 Å². The highest BCUT2D eigenvalue weighted by Gasteiger charge is 2.27. The van der Waals surface area contributed by atoms with Gasteiger partial charge < -0.3 is 5.32 Å². The summed E-state index contributed by atoms with van der Waals surface area (Å²) < 4.78 is 0. The van der Waals surface area contributed by atoms with Crippen LogP contribution in [0.1, 0.15) is 24.0 Å². The van der Waals surface area contributed by atoms with Gasteiger partial charge in [0.1, 0.15) is 0 Å². The molecule has 0 aromatic heterocycles. The van der Waals surface area contributed by atoms with Crippen LogP contribution in [0.4, 0.5) is 5.69 Å². The number of anilines is 1. The Kier molecular flexibility index (Phi) is 5.03. The topological polar surface area (TPSA) is 32.3 Å². The largest absolute Gasteiger partial charge is 0.326 e. The molecule has 1 aliphatic heterocycles. The second kappa shape index (κ2) is 7.43. The zero-order valence-electron chi connectivity index (χ0n) is 14.4. The number of nitrogens with zero attached hydrogens (tertiary/aromatic N) is 1. The summed E-state index contributed by atoms with van der Waals surface area (Å²) in [7, 11) is 0. The first-order valence-electron chi connectivity index (χ1n) is 8.86. The normalized spacial score (nSPS) is 16.4. The zero-order valence-corrected chi connectivity index (χ0v) is 15.9. The average molecular weight is 387 g/mol. The molecule has 134 valence electrons. The van der Waals surface area contributed by atoms with E-state index in [4.69, 9.17) is 23.2 Å². The highest BCUT2D eigenvalue weighted by molar-refractivity contribution is 6.31. The van der Waals surface area contributed by atoms with Crippen molar-refractivity contribution in [1.29, 1.82) is 0 Å². The number of hydrogen-bond acceptors (Lipinski definition) is 2. The first-order chi connectivity index (χ1) is 12.6. The molecule has 2 aliphatic rings. The molecule has 3 nitrogen and oxygen atoms in total. The Morgan fingerprint density at radius 1 is 1.12 bits per heavy atom. The number of halogens is 2. The molecule has 0 radical (unpaired) electrons. The number of carbonyl (C=O) groups is 1. The van der Waals surface area contributed by atoms with Crippen LogP contribution < -0.4 is 5.32 Å². The van der Waals surface area contributed by atoms with Crippen LogP contribution >= 0.6 is 23.2 Å². The number of hydrogen-bond donors (Lipinski definition) is 1. The van der Waals surface area contributed by atoms with Crippen molar-refractivity contribution < 1.29 is 4.79 Å². The van der Waals surface area contributed by atoms with E-state index in [2.05, 4.69) is 22.3 Å². The van der Waals surface area contributed by atoms with Gasteiger partial charge in [0.25, 0.3) is 0 Å². The third-order valence-corrected chi connectivity index (χ3v) is 5.55. The standard InChI is InChI=1S/C21H20Cl2N2O/c22-16-2-1-3-18(11-16)24-21(26)7-9-25-8-6-19-15(13-25)10-14-4-5-17(23)12-20(14)19/h1-5,11-12H,6-10,13H2,(H,24,26). The molecule has 0 saturated heterocycles. The number of amides is 1. The van der Waals surface area contributed by atoms with Crippen LogP contribution in [0, 0.1) is 0 Å². The third-order valence-electron chi connectivity index (χ3n) is 5.08. The number of benzene rings is 2. The minimum Gasteiger partial charge on any atom is -0.326 e. The predicted molar refractivity (Wildman–Crippen MR) is 108 cm³/mol. The first kappa shape index (κ1) is 17.6. The van der Waals surface area contributed by atoms with Gasteiger partial charge in [-0.2, -0.15) is 0 Å². The predicted octanol–water partition coefficient (Wildman–Crippen LogP) is 5.04. The van der Waals surface area contributed by atoms with Crippen LogP contribution in [-0.4, -0.2) is 30.4 Å². The first-order valence-corrected chi connectivity index (χ1v) is 9.61. The third kappa shape index (κ3) is 3.80. The summed E-state index contributed by atoms with van der Waals surface area (Å²) in [6.45, 7) is 2.68. The molecule has 0 bridgehead atoms. The molecule has 0 spiro atoms.